The van der Waals surface area contributed by atoms with Crippen LogP contribution in [-0.4, -0.2) is 20.5 Å². The quantitative estimate of drug-likeness (QED) is 0.323. The molecule has 0 spiro atoms. The average Bonchev–Trinajstić information content (AvgIpc) is 2.30. The summed E-state index contributed by atoms with van der Waals surface area (Å²) in [7, 11) is -5.41. The maximum atomic E-state index is 11.9. The van der Waals surface area contributed by atoms with Gasteiger partial charge in [0.2, 0.25) is 0 Å². The highest BCUT2D eigenvalue weighted by Crippen LogP contribution is 2.24. The average molecular weight is 304 g/mol. The van der Waals surface area contributed by atoms with Crippen LogP contribution in [0.15, 0.2) is 0 Å². The number of hydrogen-bond donors (Lipinski definition) is 0. The van der Waals surface area contributed by atoms with Crippen molar-refractivity contribution in [3.8, 4) is 0 Å². The highest BCUT2D eigenvalue weighted by molar-refractivity contribution is 7.87. The Morgan fingerprint density at radius 1 is 0.842 bits per heavy atom. The van der Waals surface area contributed by atoms with E-state index in [1.54, 1.807) is 0 Å². The standard InChI is InChI=1S/C12H23F3O3S/c1-2-3-4-5-6-7-8-9-10-11-18-19(16,17)12(13,14)15/h2-11H2,1H3. The molecule has 3 nitrogen and oxygen atoms in total. The van der Waals surface area contributed by atoms with E-state index in [1.807, 2.05) is 0 Å². The zero-order chi connectivity index (χ0) is 14.8. The van der Waals surface area contributed by atoms with Crippen LogP contribution in [0.5, 0.6) is 0 Å². The molecule has 0 aliphatic rings. The summed E-state index contributed by atoms with van der Waals surface area (Å²) in [5.74, 6) is 0. The summed E-state index contributed by atoms with van der Waals surface area (Å²) in [5.41, 5.74) is -5.31. The maximum absolute atomic E-state index is 11.9. The molecule has 0 saturated heterocycles. The summed E-state index contributed by atoms with van der Waals surface area (Å²) in [6.45, 7) is 1.76. The fourth-order valence-electron chi connectivity index (χ4n) is 1.65. The van der Waals surface area contributed by atoms with Gasteiger partial charge in [-0.15, -0.1) is 0 Å². The minimum Gasteiger partial charge on any atom is -0.263 e. The third-order valence-electron chi connectivity index (χ3n) is 2.77. The van der Waals surface area contributed by atoms with Crippen molar-refractivity contribution in [1.82, 2.24) is 0 Å². The highest BCUT2D eigenvalue weighted by Gasteiger charge is 2.47. The van der Waals surface area contributed by atoms with Gasteiger partial charge in [-0.25, -0.2) is 0 Å². The Hall–Kier alpha value is -0.300. The number of halogens is 3. The molecule has 0 unspecified atom stereocenters. The lowest BCUT2D eigenvalue weighted by atomic mass is 10.1. The largest absolute Gasteiger partial charge is 0.523 e. The lowest BCUT2D eigenvalue weighted by molar-refractivity contribution is -0.0542. The first-order valence-electron chi connectivity index (χ1n) is 6.77. The molecule has 0 bridgehead atoms. The zero-order valence-electron chi connectivity index (χ0n) is 11.3. The van der Waals surface area contributed by atoms with Gasteiger partial charge in [-0.05, 0) is 6.42 Å². The molecule has 0 aromatic rings. The molecule has 0 saturated carbocycles. The lowest BCUT2D eigenvalue weighted by Crippen LogP contribution is -2.25. The first-order valence-corrected chi connectivity index (χ1v) is 8.18. The van der Waals surface area contributed by atoms with Crippen LogP contribution in [0, 0.1) is 0 Å². The number of rotatable bonds is 11. The van der Waals surface area contributed by atoms with Gasteiger partial charge in [-0.3, -0.25) is 4.18 Å². The molecule has 0 aromatic carbocycles. The molecule has 19 heavy (non-hydrogen) atoms. The fourth-order valence-corrected chi connectivity index (χ4v) is 2.12. The Morgan fingerprint density at radius 2 is 1.26 bits per heavy atom. The van der Waals surface area contributed by atoms with Crippen LogP contribution in [-0.2, 0) is 14.3 Å². The second kappa shape index (κ2) is 9.58. The van der Waals surface area contributed by atoms with E-state index in [4.69, 9.17) is 0 Å². The molecule has 0 amide bonds. The van der Waals surface area contributed by atoms with Gasteiger partial charge in [0.1, 0.15) is 0 Å². The van der Waals surface area contributed by atoms with E-state index < -0.39 is 22.2 Å². The predicted octanol–water partition coefficient (Wildman–Crippen LogP) is 4.38. The predicted molar refractivity (Wildman–Crippen MR) is 68.2 cm³/mol. The van der Waals surface area contributed by atoms with Crippen molar-refractivity contribution in [1.29, 1.82) is 0 Å². The zero-order valence-corrected chi connectivity index (χ0v) is 12.2. The molecular weight excluding hydrogens is 281 g/mol. The molecule has 0 aromatic heterocycles. The van der Waals surface area contributed by atoms with Crippen LogP contribution in [0.1, 0.15) is 64.7 Å². The number of unbranched alkanes of at least 4 members (excludes halogenated alkanes) is 8. The summed E-state index contributed by atoms with van der Waals surface area (Å²) in [6.07, 6.45) is 8.95. The van der Waals surface area contributed by atoms with Crippen LogP contribution < -0.4 is 0 Å². The second-order valence-electron chi connectivity index (χ2n) is 4.55. The van der Waals surface area contributed by atoms with E-state index in [1.165, 1.54) is 25.7 Å². The van der Waals surface area contributed by atoms with E-state index in [0.717, 1.165) is 19.3 Å². The van der Waals surface area contributed by atoms with Crippen molar-refractivity contribution >= 4 is 10.1 Å². The third kappa shape index (κ3) is 9.27. The van der Waals surface area contributed by atoms with E-state index >= 15 is 0 Å². The second-order valence-corrected chi connectivity index (χ2v) is 6.16. The van der Waals surface area contributed by atoms with Gasteiger partial charge in [-0.2, -0.15) is 21.6 Å². The van der Waals surface area contributed by atoms with Crippen LogP contribution in [0.25, 0.3) is 0 Å². The Morgan fingerprint density at radius 3 is 1.68 bits per heavy atom. The smallest absolute Gasteiger partial charge is 0.263 e. The summed E-state index contributed by atoms with van der Waals surface area (Å²) < 4.78 is 60.7. The van der Waals surface area contributed by atoms with Crippen molar-refractivity contribution in [2.45, 2.75) is 70.2 Å². The van der Waals surface area contributed by atoms with E-state index in [2.05, 4.69) is 11.1 Å². The number of alkyl halides is 3. The molecule has 0 rings (SSSR count). The molecule has 0 atom stereocenters. The summed E-state index contributed by atoms with van der Waals surface area (Å²) >= 11 is 0. The molecule has 116 valence electrons. The van der Waals surface area contributed by atoms with Gasteiger partial charge >= 0.3 is 15.6 Å². The van der Waals surface area contributed by atoms with Gasteiger partial charge in [0, 0.05) is 0 Å². The minimum absolute atomic E-state index is 0.338. The van der Waals surface area contributed by atoms with Gasteiger partial charge in [0.15, 0.2) is 0 Å². The summed E-state index contributed by atoms with van der Waals surface area (Å²) in [4.78, 5) is 0. The van der Waals surface area contributed by atoms with Gasteiger partial charge in [0.25, 0.3) is 0 Å². The van der Waals surface area contributed by atoms with Crippen LogP contribution >= 0.6 is 0 Å². The van der Waals surface area contributed by atoms with Gasteiger partial charge < -0.3 is 0 Å². The lowest BCUT2D eigenvalue weighted by Gasteiger charge is -2.08. The maximum Gasteiger partial charge on any atom is 0.523 e. The summed E-state index contributed by atoms with van der Waals surface area (Å²) in [6, 6.07) is 0. The van der Waals surface area contributed by atoms with Crippen LogP contribution in [0.4, 0.5) is 13.2 Å². The third-order valence-corrected chi connectivity index (χ3v) is 3.81. The van der Waals surface area contributed by atoms with Crippen molar-refractivity contribution in [3.05, 3.63) is 0 Å². The summed E-state index contributed by atoms with van der Waals surface area (Å²) in [5, 5.41) is 0. The topological polar surface area (TPSA) is 43.4 Å². The highest BCUT2D eigenvalue weighted by atomic mass is 32.2. The first-order chi connectivity index (χ1) is 8.81. The minimum atomic E-state index is -5.41. The molecule has 0 aliphatic heterocycles. The van der Waals surface area contributed by atoms with Crippen LogP contribution in [0.3, 0.4) is 0 Å². The van der Waals surface area contributed by atoms with Gasteiger partial charge in [-0.1, -0.05) is 58.3 Å². The van der Waals surface area contributed by atoms with Gasteiger partial charge in [0.05, 0.1) is 6.61 Å². The Labute approximate surface area is 113 Å². The fraction of sp³-hybridized carbons (Fsp3) is 1.00. The molecule has 0 heterocycles. The first kappa shape index (κ1) is 18.7. The molecule has 0 aliphatic carbocycles. The normalized spacial score (nSPS) is 12.8. The Balaban J connectivity index is 3.42. The van der Waals surface area contributed by atoms with Crippen molar-refractivity contribution in [2.75, 3.05) is 6.61 Å². The van der Waals surface area contributed by atoms with E-state index in [9.17, 15) is 21.6 Å². The molecule has 0 N–H and O–H groups in total. The number of hydrogen-bond acceptors (Lipinski definition) is 3. The molecule has 0 fully saturated rings. The SMILES string of the molecule is CCCCCCCCCCCOS(=O)(=O)C(F)(F)F. The van der Waals surface area contributed by atoms with E-state index in [-0.39, 0.29) is 0 Å². The van der Waals surface area contributed by atoms with Crippen molar-refractivity contribution in [2.24, 2.45) is 0 Å². The van der Waals surface area contributed by atoms with Crippen molar-refractivity contribution in [3.63, 3.8) is 0 Å². The molecular formula is C12H23F3O3S. The monoisotopic (exact) mass is 304 g/mol. The Bertz CT molecular complexity index is 313. The molecule has 7 heteroatoms. The van der Waals surface area contributed by atoms with Crippen molar-refractivity contribution < 1.29 is 25.8 Å². The van der Waals surface area contributed by atoms with E-state index in [0.29, 0.717) is 12.8 Å². The molecule has 0 radical (unpaired) electrons. The van der Waals surface area contributed by atoms with Crippen LogP contribution in [0.2, 0.25) is 0 Å². The Kier molecular flexibility index (Phi) is 9.43.